The molecule has 4 N–H and O–H groups in total. The summed E-state index contributed by atoms with van der Waals surface area (Å²) >= 11 is 0. The number of rotatable bonds is 4. The van der Waals surface area contributed by atoms with Crippen molar-refractivity contribution in [2.75, 3.05) is 13.1 Å². The average molecular weight is 130 g/mol. The highest BCUT2D eigenvalue weighted by Crippen LogP contribution is 2.22. The van der Waals surface area contributed by atoms with E-state index in [-0.39, 0.29) is 5.41 Å². The fourth-order valence-electron chi connectivity index (χ4n) is 0.772. The van der Waals surface area contributed by atoms with Crippen LogP contribution in [0.4, 0.5) is 0 Å². The van der Waals surface area contributed by atoms with E-state index < -0.39 is 0 Å². The normalized spacial score (nSPS) is 17.3. The Morgan fingerprint density at radius 1 is 1.33 bits per heavy atom. The minimum Gasteiger partial charge on any atom is -0.330 e. The summed E-state index contributed by atoms with van der Waals surface area (Å²) in [7, 11) is 0. The van der Waals surface area contributed by atoms with Gasteiger partial charge in [-0.05, 0) is 31.3 Å². The lowest BCUT2D eigenvalue weighted by atomic mass is 9.84. The van der Waals surface area contributed by atoms with Crippen LogP contribution in [0, 0.1) is 5.41 Å². The summed E-state index contributed by atoms with van der Waals surface area (Å²) in [5, 5.41) is 0. The van der Waals surface area contributed by atoms with E-state index in [9.17, 15) is 0 Å². The molecule has 0 aliphatic carbocycles. The van der Waals surface area contributed by atoms with Gasteiger partial charge in [-0.2, -0.15) is 0 Å². The molecule has 9 heavy (non-hydrogen) atoms. The zero-order valence-electron chi connectivity index (χ0n) is 6.48. The monoisotopic (exact) mass is 130 g/mol. The molecule has 0 spiro atoms. The first-order chi connectivity index (χ1) is 4.18. The number of hydrogen-bond acceptors (Lipinski definition) is 2. The molecule has 0 aromatic heterocycles. The Balaban J connectivity index is 3.62. The second kappa shape index (κ2) is 3.85. The highest BCUT2D eigenvalue weighted by atomic mass is 14.6. The molecule has 0 radical (unpaired) electrons. The summed E-state index contributed by atoms with van der Waals surface area (Å²) in [4.78, 5) is 0. The molecule has 0 rings (SSSR count). The van der Waals surface area contributed by atoms with Crippen molar-refractivity contribution < 1.29 is 0 Å². The molecule has 0 heterocycles. The van der Waals surface area contributed by atoms with Gasteiger partial charge in [-0.1, -0.05) is 13.8 Å². The van der Waals surface area contributed by atoms with E-state index in [0.717, 1.165) is 25.9 Å². The number of nitrogens with two attached hydrogens (primary N) is 2. The van der Waals surface area contributed by atoms with Crippen molar-refractivity contribution in [2.24, 2.45) is 16.9 Å². The van der Waals surface area contributed by atoms with Crippen LogP contribution in [0.25, 0.3) is 0 Å². The van der Waals surface area contributed by atoms with Gasteiger partial charge in [0.15, 0.2) is 0 Å². The van der Waals surface area contributed by atoms with Crippen molar-refractivity contribution in [3.63, 3.8) is 0 Å². The van der Waals surface area contributed by atoms with Gasteiger partial charge in [0.25, 0.3) is 0 Å². The van der Waals surface area contributed by atoms with Crippen LogP contribution in [0.2, 0.25) is 0 Å². The van der Waals surface area contributed by atoms with Gasteiger partial charge >= 0.3 is 0 Å². The van der Waals surface area contributed by atoms with Crippen LogP contribution >= 0.6 is 0 Å². The molecule has 0 amide bonds. The van der Waals surface area contributed by atoms with Crippen molar-refractivity contribution in [3.8, 4) is 0 Å². The van der Waals surface area contributed by atoms with Crippen molar-refractivity contribution in [1.29, 1.82) is 0 Å². The molecule has 0 saturated heterocycles. The molecule has 1 atom stereocenters. The maximum atomic E-state index is 5.55. The van der Waals surface area contributed by atoms with Gasteiger partial charge in [-0.3, -0.25) is 0 Å². The molecule has 56 valence electrons. The average Bonchev–Trinajstić information content (AvgIpc) is 1.89. The first kappa shape index (κ1) is 8.92. The SMILES string of the molecule is CCC(C)(CN)CCN. The zero-order valence-corrected chi connectivity index (χ0v) is 6.48. The van der Waals surface area contributed by atoms with E-state index in [2.05, 4.69) is 13.8 Å². The first-order valence-electron chi connectivity index (χ1n) is 3.58. The minimum absolute atomic E-state index is 0.286. The molecule has 0 fully saturated rings. The second-order valence-corrected chi connectivity index (χ2v) is 2.91. The van der Waals surface area contributed by atoms with E-state index >= 15 is 0 Å². The molecule has 0 aromatic rings. The van der Waals surface area contributed by atoms with Gasteiger partial charge in [0.1, 0.15) is 0 Å². The van der Waals surface area contributed by atoms with Crippen molar-refractivity contribution in [2.45, 2.75) is 26.7 Å². The summed E-state index contributed by atoms with van der Waals surface area (Å²) < 4.78 is 0. The van der Waals surface area contributed by atoms with Crippen molar-refractivity contribution >= 4 is 0 Å². The summed E-state index contributed by atoms with van der Waals surface area (Å²) in [5.41, 5.74) is 11.2. The lowest BCUT2D eigenvalue weighted by molar-refractivity contribution is 0.301. The minimum atomic E-state index is 0.286. The van der Waals surface area contributed by atoms with Crippen LogP contribution in [-0.4, -0.2) is 13.1 Å². The van der Waals surface area contributed by atoms with E-state index in [0.29, 0.717) is 0 Å². The third-order valence-electron chi connectivity index (χ3n) is 2.09. The van der Waals surface area contributed by atoms with E-state index in [1.165, 1.54) is 0 Å². The molecular formula is C7H18N2. The molecule has 0 aliphatic heterocycles. The summed E-state index contributed by atoms with van der Waals surface area (Å²) in [5.74, 6) is 0. The van der Waals surface area contributed by atoms with Gasteiger partial charge in [0.05, 0.1) is 0 Å². The molecule has 0 bridgehead atoms. The van der Waals surface area contributed by atoms with Gasteiger partial charge in [-0.15, -0.1) is 0 Å². The molecule has 2 heteroatoms. The topological polar surface area (TPSA) is 52.0 Å². The lowest BCUT2D eigenvalue weighted by Gasteiger charge is -2.24. The van der Waals surface area contributed by atoms with Crippen LogP contribution in [0.15, 0.2) is 0 Å². The van der Waals surface area contributed by atoms with Gasteiger partial charge in [0, 0.05) is 0 Å². The highest BCUT2D eigenvalue weighted by Gasteiger charge is 2.17. The maximum absolute atomic E-state index is 5.55. The Morgan fingerprint density at radius 2 is 1.89 bits per heavy atom. The predicted molar refractivity (Wildman–Crippen MR) is 41.1 cm³/mol. The van der Waals surface area contributed by atoms with Crippen LogP contribution in [-0.2, 0) is 0 Å². The molecule has 2 nitrogen and oxygen atoms in total. The summed E-state index contributed by atoms with van der Waals surface area (Å²) in [6.07, 6.45) is 2.17. The first-order valence-corrected chi connectivity index (χ1v) is 3.58. The van der Waals surface area contributed by atoms with Crippen LogP contribution < -0.4 is 11.5 Å². The Morgan fingerprint density at radius 3 is 2.00 bits per heavy atom. The third-order valence-corrected chi connectivity index (χ3v) is 2.09. The smallest absolute Gasteiger partial charge is 0.00228 e. The van der Waals surface area contributed by atoms with Gasteiger partial charge < -0.3 is 11.5 Å². The van der Waals surface area contributed by atoms with E-state index in [4.69, 9.17) is 11.5 Å². The maximum Gasteiger partial charge on any atom is -0.00228 e. The Hall–Kier alpha value is -0.0800. The van der Waals surface area contributed by atoms with E-state index in [1.54, 1.807) is 0 Å². The summed E-state index contributed by atoms with van der Waals surface area (Å²) in [6.45, 7) is 5.84. The van der Waals surface area contributed by atoms with Crippen molar-refractivity contribution in [3.05, 3.63) is 0 Å². The standard InChI is InChI=1S/C7H18N2/c1-3-7(2,6-9)4-5-8/h3-6,8-9H2,1-2H3. The third kappa shape index (κ3) is 2.82. The molecule has 0 aliphatic rings. The van der Waals surface area contributed by atoms with E-state index in [1.807, 2.05) is 0 Å². The lowest BCUT2D eigenvalue weighted by Crippen LogP contribution is -2.28. The Labute approximate surface area is 57.6 Å². The largest absolute Gasteiger partial charge is 0.330 e. The molecular weight excluding hydrogens is 112 g/mol. The molecule has 0 aromatic carbocycles. The van der Waals surface area contributed by atoms with Crippen molar-refractivity contribution in [1.82, 2.24) is 0 Å². The highest BCUT2D eigenvalue weighted by molar-refractivity contribution is 4.73. The fourth-order valence-corrected chi connectivity index (χ4v) is 0.772. The quantitative estimate of drug-likeness (QED) is 0.589. The van der Waals surface area contributed by atoms with Gasteiger partial charge in [0.2, 0.25) is 0 Å². The van der Waals surface area contributed by atoms with Gasteiger partial charge in [-0.25, -0.2) is 0 Å². The second-order valence-electron chi connectivity index (χ2n) is 2.91. The molecule has 0 saturated carbocycles. The predicted octanol–water partition coefficient (Wildman–Crippen LogP) is 0.710. The number of hydrogen-bond donors (Lipinski definition) is 2. The van der Waals surface area contributed by atoms with Crippen LogP contribution in [0.3, 0.4) is 0 Å². The Bertz CT molecular complexity index is 67.3. The Kier molecular flexibility index (Phi) is 3.82. The zero-order chi connectivity index (χ0) is 7.33. The van der Waals surface area contributed by atoms with Crippen LogP contribution in [0.1, 0.15) is 26.7 Å². The fraction of sp³-hybridized carbons (Fsp3) is 1.00. The summed E-state index contributed by atoms with van der Waals surface area (Å²) in [6, 6.07) is 0. The molecule has 1 unspecified atom stereocenters. The van der Waals surface area contributed by atoms with Crippen LogP contribution in [0.5, 0.6) is 0 Å².